The van der Waals surface area contributed by atoms with E-state index in [1.807, 2.05) is 78.0 Å². The molecule has 2 aromatic rings. The van der Waals surface area contributed by atoms with Crippen molar-refractivity contribution < 1.29 is 37.6 Å². The van der Waals surface area contributed by atoms with Crippen molar-refractivity contribution in [2.75, 3.05) is 66.8 Å². The van der Waals surface area contributed by atoms with Crippen molar-refractivity contribution in [2.45, 2.75) is 122 Å². The molecular formula is C47H86N3O8P. The number of ether oxygens (including phenoxy) is 4. The highest BCUT2D eigenvalue weighted by molar-refractivity contribution is 7.47. The van der Waals surface area contributed by atoms with Gasteiger partial charge in [0, 0.05) is 46.0 Å². The molecule has 12 heteroatoms. The average molecular weight is 852 g/mol. The first kappa shape index (κ1) is 62.3. The van der Waals surface area contributed by atoms with Gasteiger partial charge in [0.05, 0.1) is 32.2 Å². The molecular weight excluding hydrogens is 766 g/mol. The molecule has 0 aromatic heterocycles. The zero-order valence-corrected chi connectivity index (χ0v) is 40.9. The molecule has 59 heavy (non-hydrogen) atoms. The Morgan fingerprint density at radius 2 is 1.47 bits per heavy atom. The summed E-state index contributed by atoms with van der Waals surface area (Å²) in [4.78, 5) is 23.6. The minimum Gasteiger partial charge on any atom is -0.497 e. The number of nitrogens with zero attached hydrogens (tertiary/aromatic N) is 1. The van der Waals surface area contributed by atoms with Gasteiger partial charge in [-0.3, -0.25) is 4.79 Å². The SMILES string of the molecule is CC.CC.CC/C=C\C=C(/C)OP(CCNCc1ccc(C)cc1)OC(CC)C(=O)OCC.CCOC=O.CO[C@@H](CN)CN(C)CC(C)C.COc1ccc(C)cc1. The van der Waals surface area contributed by atoms with Crippen LogP contribution in [0.15, 0.2) is 72.5 Å². The molecule has 2 rings (SSSR count). The van der Waals surface area contributed by atoms with E-state index in [9.17, 15) is 9.59 Å². The van der Waals surface area contributed by atoms with Gasteiger partial charge in [0.2, 0.25) is 8.38 Å². The number of carbonyl (C=O) groups is 2. The number of carbonyl (C=O) groups excluding carboxylic acids is 2. The minimum absolute atomic E-state index is 0.175. The number of hydrogen-bond acceptors (Lipinski definition) is 11. The largest absolute Gasteiger partial charge is 0.497 e. The number of likely N-dealkylation sites (N-methyl/N-ethyl adjacent to an activating group) is 1. The number of benzene rings is 2. The normalized spacial score (nSPS) is 11.9. The van der Waals surface area contributed by atoms with Gasteiger partial charge >= 0.3 is 5.97 Å². The number of allylic oxidation sites excluding steroid dienone is 4. The summed E-state index contributed by atoms with van der Waals surface area (Å²) in [6, 6.07) is 16.4. The van der Waals surface area contributed by atoms with Crippen molar-refractivity contribution >= 4 is 20.8 Å². The van der Waals surface area contributed by atoms with Crippen molar-refractivity contribution in [3.05, 3.63) is 89.2 Å². The molecule has 0 amide bonds. The molecule has 0 fully saturated rings. The van der Waals surface area contributed by atoms with Gasteiger partial charge in [-0.05, 0) is 84.2 Å². The molecule has 0 spiro atoms. The highest BCUT2D eigenvalue weighted by atomic mass is 31.2. The first-order valence-electron chi connectivity index (χ1n) is 21.3. The highest BCUT2D eigenvalue weighted by Crippen LogP contribution is 2.42. The summed E-state index contributed by atoms with van der Waals surface area (Å²) in [5.74, 6) is 2.06. The summed E-state index contributed by atoms with van der Waals surface area (Å²) in [6.45, 7) is 31.4. The standard InChI is InChI=1S/C23H36NO4P.C9H22N2O.C8H10O.C3H6O2.2C2H6/c1-6-9-10-11-20(5)27-29(28-22(7-2)23(25)26-8-3)17-16-24-18-21-14-12-19(4)13-15-21;1-8(2)6-11(3)7-9(5-10)12-4;1-7-3-5-8(9-2)6-4-7;1-2-5-3-4;2*1-2/h9-15,22,24H,6-8,16-18H2,1-5H3;8-9H,5-7,10H2,1-4H3;3-6H,1-2H3;3H,2H2,1H3;2*1-2H3/b10-9-,20-11+;;;;;/t;9-;;;;/m.0..../s1. The van der Waals surface area contributed by atoms with E-state index in [0.717, 1.165) is 44.1 Å². The van der Waals surface area contributed by atoms with E-state index in [1.165, 1.54) is 16.7 Å². The van der Waals surface area contributed by atoms with Crippen LogP contribution in [-0.4, -0.2) is 96.4 Å². The molecule has 0 aliphatic heterocycles. The van der Waals surface area contributed by atoms with Crippen LogP contribution >= 0.6 is 8.38 Å². The number of esters is 1. The van der Waals surface area contributed by atoms with E-state index >= 15 is 0 Å². The lowest BCUT2D eigenvalue weighted by Crippen LogP contribution is -2.37. The third-order valence-electron chi connectivity index (χ3n) is 7.31. The maximum Gasteiger partial charge on any atom is 0.335 e. The van der Waals surface area contributed by atoms with Gasteiger partial charge in [0.1, 0.15) is 5.75 Å². The van der Waals surface area contributed by atoms with E-state index in [-0.39, 0.29) is 12.1 Å². The number of nitrogens with two attached hydrogens (primary N) is 1. The predicted molar refractivity (Wildman–Crippen MR) is 251 cm³/mol. The van der Waals surface area contributed by atoms with E-state index in [0.29, 0.717) is 44.7 Å². The van der Waals surface area contributed by atoms with Crippen molar-refractivity contribution in [1.29, 1.82) is 0 Å². The summed E-state index contributed by atoms with van der Waals surface area (Å²) in [5.41, 5.74) is 9.26. The van der Waals surface area contributed by atoms with Crippen molar-refractivity contribution in [2.24, 2.45) is 11.7 Å². The molecule has 0 aliphatic rings. The molecule has 0 saturated carbocycles. The molecule has 0 saturated heterocycles. The Balaban J connectivity index is -0.000000410. The lowest BCUT2D eigenvalue weighted by molar-refractivity contribution is -0.151. The van der Waals surface area contributed by atoms with Crippen LogP contribution in [0.1, 0.15) is 106 Å². The zero-order valence-electron chi connectivity index (χ0n) is 40.0. The van der Waals surface area contributed by atoms with Crippen LogP contribution in [0.5, 0.6) is 5.75 Å². The van der Waals surface area contributed by atoms with Gasteiger partial charge in [-0.1, -0.05) is 115 Å². The summed E-state index contributed by atoms with van der Waals surface area (Å²) in [5, 5.41) is 3.43. The van der Waals surface area contributed by atoms with Crippen LogP contribution in [0, 0.1) is 19.8 Å². The number of aryl methyl sites for hydroxylation is 2. The molecule has 342 valence electrons. The lowest BCUT2D eigenvalue weighted by Gasteiger charge is -2.23. The topological polar surface area (TPSA) is 131 Å². The van der Waals surface area contributed by atoms with Crippen LogP contribution in [0.3, 0.4) is 0 Å². The smallest absolute Gasteiger partial charge is 0.335 e. The maximum atomic E-state index is 12.1. The molecule has 0 bridgehead atoms. The Morgan fingerprint density at radius 3 is 1.90 bits per heavy atom. The van der Waals surface area contributed by atoms with E-state index in [2.05, 4.69) is 87.0 Å². The summed E-state index contributed by atoms with van der Waals surface area (Å²) in [6.07, 6.45) is 7.74. The molecule has 2 unspecified atom stereocenters. The second kappa shape index (κ2) is 45.8. The number of rotatable bonds is 23. The third-order valence-corrected chi connectivity index (χ3v) is 8.88. The van der Waals surface area contributed by atoms with Crippen LogP contribution < -0.4 is 15.8 Å². The second-order valence-corrected chi connectivity index (χ2v) is 14.5. The fourth-order valence-corrected chi connectivity index (χ4v) is 5.94. The third kappa shape index (κ3) is 39.9. The van der Waals surface area contributed by atoms with Crippen molar-refractivity contribution in [3.8, 4) is 5.75 Å². The molecule has 3 N–H and O–H groups in total. The summed E-state index contributed by atoms with van der Waals surface area (Å²) >= 11 is 0. The second-order valence-electron chi connectivity index (χ2n) is 13.0. The highest BCUT2D eigenvalue weighted by Gasteiger charge is 2.25. The Morgan fingerprint density at radius 1 is 0.898 bits per heavy atom. The van der Waals surface area contributed by atoms with Gasteiger partial charge in [-0.2, -0.15) is 0 Å². The number of methoxy groups -OCH3 is 2. The van der Waals surface area contributed by atoms with E-state index in [4.69, 9.17) is 29.0 Å². The Kier molecular flexibility index (Phi) is 48.4. The first-order valence-corrected chi connectivity index (χ1v) is 22.7. The molecule has 11 nitrogen and oxygen atoms in total. The summed E-state index contributed by atoms with van der Waals surface area (Å²) in [7, 11) is 4.22. The van der Waals surface area contributed by atoms with Crippen molar-refractivity contribution in [1.82, 2.24) is 10.2 Å². The Labute approximate surface area is 362 Å². The van der Waals surface area contributed by atoms with E-state index < -0.39 is 14.5 Å². The fourth-order valence-electron chi connectivity index (χ4n) is 4.45. The monoisotopic (exact) mass is 852 g/mol. The molecule has 3 atom stereocenters. The van der Waals surface area contributed by atoms with Crippen LogP contribution in [-0.2, 0) is 39.4 Å². The first-order chi connectivity index (χ1) is 28.3. The fraction of sp³-hybridized carbons (Fsp3) is 0.617. The minimum atomic E-state index is -1.26. The molecule has 0 radical (unpaired) electrons. The average Bonchev–Trinajstić information content (AvgIpc) is 3.23. The van der Waals surface area contributed by atoms with Gasteiger partial charge in [-0.25, -0.2) is 4.79 Å². The molecule has 0 heterocycles. The maximum absolute atomic E-state index is 12.1. The summed E-state index contributed by atoms with van der Waals surface area (Å²) < 4.78 is 31.5. The predicted octanol–water partition coefficient (Wildman–Crippen LogP) is 10.4. The quantitative estimate of drug-likeness (QED) is 0.0277. The molecule has 2 aromatic carbocycles. The Bertz CT molecular complexity index is 1260. The zero-order chi connectivity index (χ0) is 45.9. The lowest BCUT2D eigenvalue weighted by atomic mass is 10.1. The van der Waals surface area contributed by atoms with Gasteiger partial charge in [0.15, 0.2) is 6.10 Å². The van der Waals surface area contributed by atoms with Gasteiger partial charge in [0.25, 0.3) is 6.47 Å². The van der Waals surface area contributed by atoms with Gasteiger partial charge < -0.3 is 43.9 Å². The molecule has 0 aliphatic carbocycles. The van der Waals surface area contributed by atoms with E-state index in [1.54, 1.807) is 28.1 Å². The van der Waals surface area contributed by atoms with Crippen LogP contribution in [0.2, 0.25) is 0 Å². The van der Waals surface area contributed by atoms with Crippen LogP contribution in [0.4, 0.5) is 0 Å². The van der Waals surface area contributed by atoms with Crippen molar-refractivity contribution in [3.63, 3.8) is 0 Å². The Hall–Kier alpha value is -3.31. The number of hydrogen-bond donors (Lipinski definition) is 2. The van der Waals surface area contributed by atoms with Gasteiger partial charge in [-0.15, -0.1) is 0 Å². The number of nitrogens with one attached hydrogen (secondary N) is 1. The van der Waals surface area contributed by atoms with Crippen LogP contribution in [0.25, 0.3) is 0 Å².